The fourth-order valence-electron chi connectivity index (χ4n) is 2.77. The Kier molecular flexibility index (Phi) is 7.66. The third kappa shape index (κ3) is 6.58. The zero-order valence-corrected chi connectivity index (χ0v) is 18.5. The molecule has 0 aliphatic carbocycles. The van der Waals surface area contributed by atoms with Gasteiger partial charge in [-0.15, -0.1) is 5.10 Å². The summed E-state index contributed by atoms with van der Waals surface area (Å²) in [6.07, 6.45) is 1.67. The van der Waals surface area contributed by atoms with Crippen LogP contribution in [0, 0.1) is 0 Å². The maximum Gasteiger partial charge on any atom is 0.238 e. The largest absolute Gasteiger partial charge is 0.494 e. The molecule has 0 saturated carbocycles. The molecule has 162 valence electrons. The normalized spacial score (nSPS) is 17.5. The number of carbonyl (C=O) groups excluding carboxylic acids is 2. The van der Waals surface area contributed by atoms with E-state index in [2.05, 4.69) is 20.8 Å². The first-order valence-corrected chi connectivity index (χ1v) is 10.7. The van der Waals surface area contributed by atoms with Crippen LogP contribution in [-0.2, 0) is 9.59 Å². The first kappa shape index (κ1) is 22.4. The maximum atomic E-state index is 12.6. The quantitative estimate of drug-likeness (QED) is 0.511. The molecule has 0 bridgehead atoms. The number of nitrogens with one attached hydrogen (secondary N) is 2. The van der Waals surface area contributed by atoms with Crippen LogP contribution in [0.2, 0.25) is 0 Å². The summed E-state index contributed by atoms with van der Waals surface area (Å²) in [5.74, 6) is 0.199. The molecule has 2 amide bonds. The van der Waals surface area contributed by atoms with Gasteiger partial charge >= 0.3 is 0 Å². The summed E-state index contributed by atoms with van der Waals surface area (Å²) >= 11 is 1.18. The number of hydrogen-bond donors (Lipinski definition) is 2. The van der Waals surface area contributed by atoms with Gasteiger partial charge in [0.25, 0.3) is 0 Å². The molecule has 2 N–H and O–H groups in total. The summed E-state index contributed by atoms with van der Waals surface area (Å²) in [5.41, 5.74) is 2.60. The Morgan fingerprint density at radius 3 is 2.58 bits per heavy atom. The van der Waals surface area contributed by atoms with E-state index in [4.69, 9.17) is 4.74 Å². The van der Waals surface area contributed by atoms with Crippen molar-refractivity contribution >= 4 is 46.3 Å². The van der Waals surface area contributed by atoms with E-state index in [-0.39, 0.29) is 18.2 Å². The fraction of sp³-hybridized carbons (Fsp3) is 0.273. The van der Waals surface area contributed by atoms with E-state index in [1.165, 1.54) is 11.8 Å². The first-order chi connectivity index (χ1) is 14.9. The molecule has 2 aromatic rings. The SMILES string of the molecule is CCOc1ccc(NC(=O)[C@H]2CC(=O)N/C(=N\N=C/c3ccc(N(C)C)cc3)S2)cc1. The lowest BCUT2D eigenvalue weighted by Gasteiger charge is -2.21. The van der Waals surface area contributed by atoms with Gasteiger partial charge < -0.3 is 20.3 Å². The number of anilines is 2. The van der Waals surface area contributed by atoms with E-state index in [1.54, 1.807) is 30.5 Å². The summed E-state index contributed by atoms with van der Waals surface area (Å²) in [4.78, 5) is 26.7. The van der Waals surface area contributed by atoms with Crippen molar-refractivity contribution in [2.75, 3.05) is 30.9 Å². The minimum absolute atomic E-state index is 0.0717. The van der Waals surface area contributed by atoms with Crippen LogP contribution in [0.15, 0.2) is 58.7 Å². The Hall–Kier alpha value is -3.33. The van der Waals surface area contributed by atoms with Crippen molar-refractivity contribution in [1.29, 1.82) is 0 Å². The zero-order chi connectivity index (χ0) is 22.2. The smallest absolute Gasteiger partial charge is 0.238 e. The highest BCUT2D eigenvalue weighted by atomic mass is 32.2. The zero-order valence-electron chi connectivity index (χ0n) is 17.7. The highest BCUT2D eigenvalue weighted by Gasteiger charge is 2.30. The van der Waals surface area contributed by atoms with Gasteiger partial charge in [-0.3, -0.25) is 9.59 Å². The molecule has 0 radical (unpaired) electrons. The van der Waals surface area contributed by atoms with E-state index in [0.717, 1.165) is 17.0 Å². The average Bonchev–Trinajstić information content (AvgIpc) is 2.75. The van der Waals surface area contributed by atoms with Crippen molar-refractivity contribution in [2.24, 2.45) is 10.2 Å². The number of rotatable bonds is 7. The highest BCUT2D eigenvalue weighted by Crippen LogP contribution is 2.23. The third-order valence-electron chi connectivity index (χ3n) is 4.36. The van der Waals surface area contributed by atoms with Crippen molar-refractivity contribution < 1.29 is 14.3 Å². The van der Waals surface area contributed by atoms with Gasteiger partial charge in [-0.25, -0.2) is 0 Å². The van der Waals surface area contributed by atoms with Crippen molar-refractivity contribution in [1.82, 2.24) is 5.32 Å². The van der Waals surface area contributed by atoms with E-state index in [0.29, 0.717) is 17.5 Å². The number of amidine groups is 1. The van der Waals surface area contributed by atoms with Crippen LogP contribution < -0.4 is 20.3 Å². The minimum atomic E-state index is -0.589. The van der Waals surface area contributed by atoms with Gasteiger partial charge in [-0.2, -0.15) is 5.10 Å². The molecule has 2 aromatic carbocycles. The fourth-order valence-corrected chi connectivity index (χ4v) is 3.71. The lowest BCUT2D eigenvalue weighted by molar-refractivity contribution is -0.123. The Balaban J connectivity index is 1.60. The van der Waals surface area contributed by atoms with E-state index >= 15 is 0 Å². The molecule has 3 rings (SSSR count). The maximum absolute atomic E-state index is 12.6. The molecule has 0 spiro atoms. The molecule has 1 atom stereocenters. The van der Waals surface area contributed by atoms with Gasteiger partial charge in [-0.1, -0.05) is 23.9 Å². The molecule has 1 aliphatic heterocycles. The third-order valence-corrected chi connectivity index (χ3v) is 5.43. The standard InChI is InChI=1S/C22H25N5O3S/c1-4-30-18-11-7-16(8-12-18)24-21(29)19-13-20(28)25-22(31-19)26-23-14-15-5-9-17(10-6-15)27(2)3/h5-12,14,19H,4,13H2,1-3H3,(H,24,29)(H,25,26,28)/b23-14-/t19-/m1/s1. The lowest BCUT2D eigenvalue weighted by Crippen LogP contribution is -2.41. The summed E-state index contributed by atoms with van der Waals surface area (Å²) in [6.45, 7) is 2.48. The van der Waals surface area contributed by atoms with Gasteiger partial charge in [0, 0.05) is 31.9 Å². The van der Waals surface area contributed by atoms with Gasteiger partial charge in [0.05, 0.1) is 12.8 Å². The minimum Gasteiger partial charge on any atom is -0.494 e. The molecule has 1 heterocycles. The highest BCUT2D eigenvalue weighted by molar-refractivity contribution is 8.15. The number of nitrogens with zero attached hydrogens (tertiary/aromatic N) is 3. The predicted molar refractivity (Wildman–Crippen MR) is 126 cm³/mol. The van der Waals surface area contributed by atoms with Crippen LogP contribution in [0.5, 0.6) is 5.75 Å². The predicted octanol–water partition coefficient (Wildman–Crippen LogP) is 3.10. The Labute approximate surface area is 185 Å². The van der Waals surface area contributed by atoms with E-state index in [9.17, 15) is 9.59 Å². The van der Waals surface area contributed by atoms with Gasteiger partial charge in [-0.05, 0) is 48.9 Å². The molecule has 31 heavy (non-hydrogen) atoms. The van der Waals surface area contributed by atoms with Crippen LogP contribution >= 0.6 is 11.8 Å². The monoisotopic (exact) mass is 439 g/mol. The summed E-state index contributed by atoms with van der Waals surface area (Å²) in [5, 5.41) is 13.3. The molecule has 0 aromatic heterocycles. The molecule has 1 fully saturated rings. The van der Waals surface area contributed by atoms with Crippen LogP contribution in [0.4, 0.5) is 11.4 Å². The average molecular weight is 440 g/mol. The summed E-state index contributed by atoms with van der Waals surface area (Å²) < 4.78 is 5.39. The first-order valence-electron chi connectivity index (χ1n) is 9.83. The Morgan fingerprint density at radius 1 is 1.23 bits per heavy atom. The van der Waals surface area contributed by atoms with Crippen molar-refractivity contribution in [3.8, 4) is 5.75 Å². The van der Waals surface area contributed by atoms with Gasteiger partial charge in [0.2, 0.25) is 11.8 Å². The summed E-state index contributed by atoms with van der Waals surface area (Å²) in [7, 11) is 3.95. The number of thioether (sulfide) groups is 1. The molecule has 1 saturated heterocycles. The molecule has 8 nitrogen and oxygen atoms in total. The number of hydrogen-bond acceptors (Lipinski definition) is 7. The second-order valence-electron chi connectivity index (χ2n) is 6.94. The van der Waals surface area contributed by atoms with Gasteiger partial charge in [0.15, 0.2) is 5.17 Å². The number of carbonyl (C=O) groups is 2. The second kappa shape index (κ2) is 10.6. The summed E-state index contributed by atoms with van der Waals surface area (Å²) in [6, 6.07) is 14.9. The molecule has 0 unspecified atom stereocenters. The van der Waals surface area contributed by atoms with Gasteiger partial charge in [0.1, 0.15) is 11.0 Å². The van der Waals surface area contributed by atoms with Crippen LogP contribution in [0.25, 0.3) is 0 Å². The molecule has 9 heteroatoms. The van der Waals surface area contributed by atoms with Crippen molar-refractivity contribution in [2.45, 2.75) is 18.6 Å². The van der Waals surface area contributed by atoms with E-state index in [1.807, 2.05) is 50.2 Å². The van der Waals surface area contributed by atoms with Crippen LogP contribution in [-0.4, -0.2) is 49.1 Å². The van der Waals surface area contributed by atoms with Crippen LogP contribution in [0.1, 0.15) is 18.9 Å². The number of benzene rings is 2. The molecule has 1 aliphatic rings. The lowest BCUT2D eigenvalue weighted by atomic mass is 10.2. The number of amides is 2. The Bertz CT molecular complexity index is 972. The Morgan fingerprint density at radius 2 is 1.94 bits per heavy atom. The van der Waals surface area contributed by atoms with Crippen LogP contribution in [0.3, 0.4) is 0 Å². The van der Waals surface area contributed by atoms with E-state index < -0.39 is 5.25 Å². The topological polar surface area (TPSA) is 95.4 Å². The number of ether oxygens (including phenoxy) is 1. The molecular formula is C22H25N5O3S. The van der Waals surface area contributed by atoms with Crippen molar-refractivity contribution in [3.63, 3.8) is 0 Å². The second-order valence-corrected chi connectivity index (χ2v) is 8.13. The van der Waals surface area contributed by atoms with Crippen molar-refractivity contribution in [3.05, 3.63) is 54.1 Å². The molecular weight excluding hydrogens is 414 g/mol.